The zero-order valence-corrected chi connectivity index (χ0v) is 10.4. The zero-order chi connectivity index (χ0) is 13.8. The standard InChI is InChI=1S/C11H14N6O2/c1-16(5-9-13-7-14-15-9)11(19)6-17-4-8(12)2-3-10(17)18/h2-4,7H,5-6,12H2,1H3,(H,13,14,15). The average molecular weight is 262 g/mol. The second-order valence-electron chi connectivity index (χ2n) is 4.11. The first-order chi connectivity index (χ1) is 9.06. The van der Waals surface area contributed by atoms with E-state index in [2.05, 4.69) is 15.2 Å². The van der Waals surface area contributed by atoms with Crippen LogP contribution in [-0.2, 0) is 17.9 Å². The first kappa shape index (κ1) is 12.8. The highest BCUT2D eigenvalue weighted by Crippen LogP contribution is 1.99. The first-order valence-corrected chi connectivity index (χ1v) is 5.60. The summed E-state index contributed by atoms with van der Waals surface area (Å²) in [5.41, 5.74) is 5.75. The highest BCUT2D eigenvalue weighted by Gasteiger charge is 2.12. The van der Waals surface area contributed by atoms with Crippen LogP contribution in [0.3, 0.4) is 0 Å². The van der Waals surface area contributed by atoms with Gasteiger partial charge in [0.25, 0.3) is 5.56 Å². The molecule has 19 heavy (non-hydrogen) atoms. The lowest BCUT2D eigenvalue weighted by atomic mass is 10.4. The van der Waals surface area contributed by atoms with Crippen LogP contribution in [0.2, 0.25) is 0 Å². The van der Waals surface area contributed by atoms with Gasteiger partial charge in [0.2, 0.25) is 5.91 Å². The second-order valence-corrected chi connectivity index (χ2v) is 4.11. The molecule has 2 rings (SSSR count). The summed E-state index contributed by atoms with van der Waals surface area (Å²) in [5, 5.41) is 6.36. The van der Waals surface area contributed by atoms with Crippen LogP contribution in [0.25, 0.3) is 0 Å². The molecule has 0 saturated heterocycles. The zero-order valence-electron chi connectivity index (χ0n) is 10.4. The van der Waals surface area contributed by atoms with Crippen molar-refractivity contribution < 1.29 is 4.79 Å². The number of nitrogens with one attached hydrogen (secondary N) is 1. The molecule has 2 aromatic rings. The number of aromatic amines is 1. The Morgan fingerprint density at radius 3 is 3.00 bits per heavy atom. The summed E-state index contributed by atoms with van der Waals surface area (Å²) in [6.45, 7) is 0.240. The SMILES string of the molecule is CN(Cc1ncn[nH]1)C(=O)Cn1cc(N)ccc1=O. The van der Waals surface area contributed by atoms with Crippen molar-refractivity contribution in [3.8, 4) is 0 Å². The fraction of sp³-hybridized carbons (Fsp3) is 0.273. The molecule has 2 heterocycles. The van der Waals surface area contributed by atoms with Crippen LogP contribution in [0.4, 0.5) is 5.69 Å². The Bertz CT molecular complexity index is 618. The smallest absolute Gasteiger partial charge is 0.251 e. The van der Waals surface area contributed by atoms with E-state index in [1.54, 1.807) is 7.05 Å². The fourth-order valence-corrected chi connectivity index (χ4v) is 1.56. The van der Waals surface area contributed by atoms with Crippen LogP contribution < -0.4 is 11.3 Å². The molecule has 0 spiro atoms. The Morgan fingerprint density at radius 2 is 2.32 bits per heavy atom. The van der Waals surface area contributed by atoms with E-state index in [1.807, 2.05) is 0 Å². The van der Waals surface area contributed by atoms with E-state index in [4.69, 9.17) is 5.73 Å². The molecule has 1 amide bonds. The van der Waals surface area contributed by atoms with Crippen LogP contribution >= 0.6 is 0 Å². The van der Waals surface area contributed by atoms with Crippen LogP contribution in [0, 0.1) is 0 Å². The Labute approximate surface area is 108 Å². The summed E-state index contributed by atoms with van der Waals surface area (Å²) in [6, 6.07) is 2.83. The molecule has 0 aromatic carbocycles. The molecular weight excluding hydrogens is 248 g/mol. The third kappa shape index (κ3) is 3.18. The molecule has 2 aromatic heterocycles. The van der Waals surface area contributed by atoms with Gasteiger partial charge in [-0.25, -0.2) is 4.98 Å². The molecule has 8 heteroatoms. The van der Waals surface area contributed by atoms with Gasteiger partial charge in [-0.1, -0.05) is 0 Å². The van der Waals surface area contributed by atoms with Gasteiger partial charge in [-0.2, -0.15) is 5.10 Å². The largest absolute Gasteiger partial charge is 0.398 e. The number of hydrogen-bond acceptors (Lipinski definition) is 5. The Morgan fingerprint density at radius 1 is 1.53 bits per heavy atom. The number of likely N-dealkylation sites (N-methyl/N-ethyl adjacent to an activating group) is 1. The van der Waals surface area contributed by atoms with E-state index in [-0.39, 0.29) is 18.0 Å². The third-order valence-corrected chi connectivity index (χ3v) is 2.59. The maximum atomic E-state index is 12.0. The van der Waals surface area contributed by atoms with Crippen molar-refractivity contribution in [1.82, 2.24) is 24.6 Å². The monoisotopic (exact) mass is 262 g/mol. The van der Waals surface area contributed by atoms with E-state index in [0.717, 1.165) is 0 Å². The van der Waals surface area contributed by atoms with E-state index >= 15 is 0 Å². The third-order valence-electron chi connectivity index (χ3n) is 2.59. The number of H-pyrrole nitrogens is 1. The molecule has 8 nitrogen and oxygen atoms in total. The predicted molar refractivity (Wildman–Crippen MR) is 68.0 cm³/mol. The lowest BCUT2D eigenvalue weighted by Gasteiger charge is -2.16. The average Bonchev–Trinajstić information content (AvgIpc) is 2.86. The summed E-state index contributed by atoms with van der Waals surface area (Å²) in [5.74, 6) is 0.361. The fourth-order valence-electron chi connectivity index (χ4n) is 1.56. The highest BCUT2D eigenvalue weighted by molar-refractivity contribution is 5.75. The molecule has 0 radical (unpaired) electrons. The van der Waals surface area contributed by atoms with Crippen molar-refractivity contribution in [2.45, 2.75) is 13.1 Å². The number of aromatic nitrogens is 4. The van der Waals surface area contributed by atoms with Gasteiger partial charge >= 0.3 is 0 Å². The van der Waals surface area contributed by atoms with Crippen molar-refractivity contribution in [2.24, 2.45) is 0 Å². The van der Waals surface area contributed by atoms with Crippen molar-refractivity contribution in [3.63, 3.8) is 0 Å². The van der Waals surface area contributed by atoms with E-state index in [1.165, 1.54) is 34.1 Å². The Balaban J connectivity index is 2.04. The summed E-state index contributed by atoms with van der Waals surface area (Å²) < 4.78 is 1.27. The van der Waals surface area contributed by atoms with Gasteiger partial charge in [0, 0.05) is 25.0 Å². The second kappa shape index (κ2) is 5.34. The van der Waals surface area contributed by atoms with Crippen LogP contribution in [0.1, 0.15) is 5.82 Å². The number of anilines is 1. The topological polar surface area (TPSA) is 110 Å². The summed E-state index contributed by atoms with van der Waals surface area (Å²) in [4.78, 5) is 28.9. The van der Waals surface area contributed by atoms with Gasteiger partial charge in [-0.05, 0) is 6.07 Å². The first-order valence-electron chi connectivity index (χ1n) is 5.60. The number of nitrogens with two attached hydrogens (primary N) is 1. The summed E-state index contributed by atoms with van der Waals surface area (Å²) in [6.07, 6.45) is 2.82. The van der Waals surface area contributed by atoms with Gasteiger partial charge in [0.05, 0.1) is 6.54 Å². The van der Waals surface area contributed by atoms with Gasteiger partial charge in [0.15, 0.2) is 0 Å². The highest BCUT2D eigenvalue weighted by atomic mass is 16.2. The van der Waals surface area contributed by atoms with Gasteiger partial charge < -0.3 is 15.2 Å². The van der Waals surface area contributed by atoms with Crippen LogP contribution in [0.5, 0.6) is 0 Å². The van der Waals surface area contributed by atoms with Crippen molar-refractivity contribution in [2.75, 3.05) is 12.8 Å². The number of hydrogen-bond donors (Lipinski definition) is 2. The number of amides is 1. The minimum atomic E-state index is -0.268. The number of rotatable bonds is 4. The molecular formula is C11H14N6O2. The predicted octanol–water partition coefficient (Wildman–Crippen LogP) is -0.793. The summed E-state index contributed by atoms with van der Waals surface area (Å²) in [7, 11) is 1.63. The van der Waals surface area contributed by atoms with Crippen molar-refractivity contribution in [1.29, 1.82) is 0 Å². The lowest BCUT2D eigenvalue weighted by Crippen LogP contribution is -2.33. The molecule has 0 unspecified atom stereocenters. The molecule has 0 saturated carbocycles. The van der Waals surface area contributed by atoms with Gasteiger partial charge in [0.1, 0.15) is 18.7 Å². The molecule has 0 fully saturated rings. The molecule has 3 N–H and O–H groups in total. The number of carbonyl (C=O) groups excluding carboxylic acids is 1. The van der Waals surface area contributed by atoms with Crippen molar-refractivity contribution >= 4 is 11.6 Å². The van der Waals surface area contributed by atoms with E-state index in [0.29, 0.717) is 18.1 Å². The number of carbonyl (C=O) groups is 1. The molecule has 0 aliphatic rings. The minimum Gasteiger partial charge on any atom is -0.398 e. The maximum Gasteiger partial charge on any atom is 0.251 e. The van der Waals surface area contributed by atoms with Gasteiger partial charge in [-0.3, -0.25) is 14.7 Å². The Hall–Kier alpha value is -2.64. The number of nitrogens with zero attached hydrogens (tertiary/aromatic N) is 4. The molecule has 100 valence electrons. The molecule has 0 bridgehead atoms. The Kier molecular flexibility index (Phi) is 3.60. The number of nitrogen functional groups attached to an aromatic ring is 1. The van der Waals surface area contributed by atoms with Crippen LogP contribution in [0.15, 0.2) is 29.5 Å². The van der Waals surface area contributed by atoms with Gasteiger partial charge in [-0.15, -0.1) is 0 Å². The van der Waals surface area contributed by atoms with E-state index < -0.39 is 0 Å². The quantitative estimate of drug-likeness (QED) is 0.750. The molecule has 0 aliphatic heterocycles. The minimum absolute atomic E-state index is 0.0610. The van der Waals surface area contributed by atoms with Crippen molar-refractivity contribution in [3.05, 3.63) is 40.8 Å². The normalized spacial score (nSPS) is 10.4. The summed E-state index contributed by atoms with van der Waals surface area (Å²) >= 11 is 0. The van der Waals surface area contributed by atoms with Crippen LogP contribution in [-0.4, -0.2) is 37.6 Å². The molecule has 0 aliphatic carbocycles. The maximum absolute atomic E-state index is 12.0. The number of pyridine rings is 1. The van der Waals surface area contributed by atoms with E-state index in [9.17, 15) is 9.59 Å². The lowest BCUT2D eigenvalue weighted by molar-refractivity contribution is -0.131. The molecule has 0 atom stereocenters.